The highest BCUT2D eigenvalue weighted by Gasteiger charge is 2.54. The summed E-state index contributed by atoms with van der Waals surface area (Å²) in [7, 11) is 0. The number of carbonyl (C=O) groups excluding carboxylic acids is 4. The lowest BCUT2D eigenvalue weighted by molar-refractivity contribution is -0.684. The number of amides is 4. The monoisotopic (exact) mass is 687 g/mol. The molecule has 4 amide bonds. The number of likely N-dealkylation sites (tertiary alicyclic amines) is 1. The third-order valence-corrected chi connectivity index (χ3v) is 10.2. The van der Waals surface area contributed by atoms with Crippen molar-refractivity contribution in [1.29, 1.82) is 0 Å². The number of hydrogen-bond acceptors (Lipinski definition) is 9. The van der Waals surface area contributed by atoms with Gasteiger partial charge in [-0.1, -0.05) is 0 Å². The van der Waals surface area contributed by atoms with Crippen molar-refractivity contribution in [2.24, 2.45) is 0 Å². The van der Waals surface area contributed by atoms with Crippen LogP contribution in [-0.2, 0) is 37.1 Å². The summed E-state index contributed by atoms with van der Waals surface area (Å²) >= 11 is 2.66. The van der Waals surface area contributed by atoms with E-state index in [2.05, 4.69) is 15.6 Å². The van der Waals surface area contributed by atoms with Gasteiger partial charge in [-0.2, -0.15) is 4.57 Å². The van der Waals surface area contributed by atoms with Crippen LogP contribution >= 0.6 is 23.5 Å². The third-order valence-electron chi connectivity index (χ3n) is 7.91. The Labute approximate surface area is 283 Å². The number of aliphatic carboxylic acids is 1. The van der Waals surface area contributed by atoms with E-state index in [9.17, 15) is 34.2 Å². The Balaban J connectivity index is 1.04. The zero-order valence-electron chi connectivity index (χ0n) is 25.4. The van der Waals surface area contributed by atoms with Crippen LogP contribution in [0.1, 0.15) is 12.0 Å². The number of nitrogens with zero attached hydrogens (tertiary/aromatic N) is 4. The molecule has 2 aromatic heterocycles. The highest BCUT2D eigenvalue weighted by atomic mass is 32.2. The van der Waals surface area contributed by atoms with Crippen molar-refractivity contribution in [2.45, 2.75) is 35.8 Å². The first-order valence-electron chi connectivity index (χ1n) is 15.0. The molecule has 1 aromatic carbocycles. The first kappa shape index (κ1) is 32.8. The van der Waals surface area contributed by atoms with E-state index in [1.54, 1.807) is 64.6 Å². The highest BCUT2D eigenvalue weighted by Crippen LogP contribution is 2.41. The molecule has 246 valence electrons. The molecule has 48 heavy (non-hydrogen) atoms. The number of benzene rings is 1. The molecule has 0 saturated carbocycles. The number of nitrogens with one attached hydrogen (secondary N) is 2. The SMILES string of the molecule is O=C(C[n+]1ccc(CN2CC/C(=C\C3=C(C(=O)O)N4C(=O)[C@@H](NC(=O)CSc5ccncc5)[C@H]4SC3)C2=O)cc1)Nc1ccc(O)cc1. The van der Waals surface area contributed by atoms with Crippen LogP contribution < -0.4 is 15.2 Å². The maximum absolute atomic E-state index is 13.3. The van der Waals surface area contributed by atoms with Crippen molar-refractivity contribution >= 4 is 58.8 Å². The number of hydrogen-bond donors (Lipinski definition) is 4. The van der Waals surface area contributed by atoms with Crippen molar-refractivity contribution < 1.29 is 38.8 Å². The maximum Gasteiger partial charge on any atom is 0.352 e. The minimum Gasteiger partial charge on any atom is -0.508 e. The van der Waals surface area contributed by atoms with Crippen LogP contribution in [0.5, 0.6) is 5.75 Å². The van der Waals surface area contributed by atoms with Crippen LogP contribution in [0.2, 0.25) is 0 Å². The molecule has 15 heteroatoms. The fourth-order valence-corrected chi connectivity index (χ4v) is 7.55. The van der Waals surface area contributed by atoms with Crippen LogP contribution in [-0.4, -0.2) is 84.1 Å². The fourth-order valence-electron chi connectivity index (χ4n) is 5.55. The largest absolute Gasteiger partial charge is 0.508 e. The maximum atomic E-state index is 13.3. The van der Waals surface area contributed by atoms with Gasteiger partial charge in [0.15, 0.2) is 12.4 Å². The number of pyridine rings is 2. The number of phenols is 1. The molecule has 3 aliphatic rings. The number of rotatable bonds is 11. The Kier molecular flexibility index (Phi) is 9.77. The lowest BCUT2D eigenvalue weighted by atomic mass is 10.0. The smallest absolute Gasteiger partial charge is 0.352 e. The first-order valence-corrected chi connectivity index (χ1v) is 17.0. The highest BCUT2D eigenvalue weighted by molar-refractivity contribution is 8.00. The number of fused-ring (bicyclic) bond motifs is 1. The van der Waals surface area contributed by atoms with Gasteiger partial charge < -0.3 is 25.7 Å². The molecule has 0 spiro atoms. The van der Waals surface area contributed by atoms with E-state index in [0.29, 0.717) is 36.3 Å². The molecule has 0 radical (unpaired) electrons. The Bertz CT molecular complexity index is 1820. The molecule has 6 rings (SSSR count). The number of aromatic hydroxyl groups is 1. The molecule has 2 atom stereocenters. The van der Waals surface area contributed by atoms with Crippen molar-refractivity contribution in [2.75, 3.05) is 23.4 Å². The molecule has 3 aliphatic heterocycles. The van der Waals surface area contributed by atoms with Crippen LogP contribution in [0.3, 0.4) is 0 Å². The second-order valence-corrected chi connectivity index (χ2v) is 13.4. The number of β-lactam (4-membered cyclic amide) rings is 1. The van der Waals surface area contributed by atoms with Crippen LogP contribution in [0.15, 0.2) is 101 Å². The average molecular weight is 688 g/mol. The van der Waals surface area contributed by atoms with E-state index < -0.39 is 23.3 Å². The standard InChI is InChI=1S/C33H30N6O7S2/c40-24-3-1-23(2-4-24)35-26(41)17-37-12-7-20(8-13-37)16-38-14-9-21(30(38)43)15-22-18-48-32-28(31(44)39(32)29(22)33(45)46)36-27(42)19-47-25-5-10-34-11-6-25/h1-8,10-13,15,28,32H,9,14,16-19H2,(H3-,35,36,40,41,42,45,46)/p+1/b21-15+/t28-,32-/m1/s1. The van der Waals surface area contributed by atoms with Gasteiger partial charge in [0.05, 0.1) is 5.75 Å². The number of anilines is 1. The average Bonchev–Trinajstić information content (AvgIpc) is 3.42. The summed E-state index contributed by atoms with van der Waals surface area (Å²) in [5, 5.41) is 24.4. The lowest BCUT2D eigenvalue weighted by Gasteiger charge is -2.49. The molecule has 0 aliphatic carbocycles. The van der Waals surface area contributed by atoms with Gasteiger partial charge in [-0.25, -0.2) is 4.79 Å². The summed E-state index contributed by atoms with van der Waals surface area (Å²) in [6, 6.07) is 12.6. The normalized spacial score (nSPS) is 19.6. The molecule has 3 aromatic rings. The summed E-state index contributed by atoms with van der Waals surface area (Å²) in [4.78, 5) is 71.3. The zero-order valence-corrected chi connectivity index (χ0v) is 27.1. The quantitative estimate of drug-likeness (QED) is 0.0767. The molecular weight excluding hydrogens is 657 g/mol. The molecule has 13 nitrogen and oxygen atoms in total. The topological polar surface area (TPSA) is 173 Å². The summed E-state index contributed by atoms with van der Waals surface area (Å²) in [5.74, 6) is -2.06. The minimum absolute atomic E-state index is 0.0780. The van der Waals surface area contributed by atoms with Gasteiger partial charge in [0.1, 0.15) is 22.9 Å². The van der Waals surface area contributed by atoms with Gasteiger partial charge in [0, 0.05) is 59.5 Å². The third kappa shape index (κ3) is 7.37. The van der Waals surface area contributed by atoms with E-state index in [0.717, 1.165) is 10.5 Å². The minimum atomic E-state index is -1.27. The summed E-state index contributed by atoms with van der Waals surface area (Å²) < 4.78 is 1.71. The molecule has 2 fully saturated rings. The van der Waals surface area contributed by atoms with Gasteiger partial charge >= 0.3 is 5.97 Å². The van der Waals surface area contributed by atoms with E-state index >= 15 is 0 Å². The second kappa shape index (κ2) is 14.3. The number of aromatic nitrogens is 2. The number of carboxylic acids is 1. The first-order chi connectivity index (χ1) is 23.2. The van der Waals surface area contributed by atoms with E-state index in [1.807, 2.05) is 12.1 Å². The van der Waals surface area contributed by atoms with Crippen LogP contribution in [0.25, 0.3) is 0 Å². The van der Waals surface area contributed by atoms with Crippen LogP contribution in [0.4, 0.5) is 5.69 Å². The van der Waals surface area contributed by atoms with Crippen LogP contribution in [0, 0.1) is 0 Å². The fraction of sp³-hybridized carbons (Fsp3) is 0.242. The second-order valence-electron chi connectivity index (χ2n) is 11.2. The Morgan fingerprint density at radius 3 is 2.48 bits per heavy atom. The summed E-state index contributed by atoms with van der Waals surface area (Å²) in [6.45, 7) is 0.868. The molecule has 5 heterocycles. The predicted molar refractivity (Wildman–Crippen MR) is 176 cm³/mol. The number of phenolic OH excluding ortho intramolecular Hbond substituents is 1. The Morgan fingerprint density at radius 2 is 1.77 bits per heavy atom. The predicted octanol–water partition coefficient (Wildman–Crippen LogP) is 1.90. The van der Waals surface area contributed by atoms with Gasteiger partial charge in [-0.05, 0) is 60.0 Å². The number of carbonyl (C=O) groups is 5. The van der Waals surface area contributed by atoms with E-state index in [-0.39, 0.29) is 47.2 Å². The van der Waals surface area contributed by atoms with Crippen molar-refractivity contribution in [1.82, 2.24) is 20.1 Å². The summed E-state index contributed by atoms with van der Waals surface area (Å²) in [5.41, 5.74) is 2.11. The molecular formula is C33H31N6O7S2+. The Morgan fingerprint density at radius 1 is 1.04 bits per heavy atom. The molecule has 2 saturated heterocycles. The van der Waals surface area contributed by atoms with Crippen molar-refractivity contribution in [3.63, 3.8) is 0 Å². The van der Waals surface area contributed by atoms with Gasteiger partial charge in [0.2, 0.25) is 18.4 Å². The molecule has 4 N–H and O–H groups in total. The molecule has 0 bridgehead atoms. The zero-order chi connectivity index (χ0) is 33.8. The van der Waals surface area contributed by atoms with Crippen molar-refractivity contribution in [3.05, 3.63) is 102 Å². The van der Waals surface area contributed by atoms with Crippen molar-refractivity contribution in [3.8, 4) is 5.75 Å². The molecule has 0 unspecified atom stereocenters. The van der Waals surface area contributed by atoms with E-state index in [4.69, 9.17) is 0 Å². The van der Waals surface area contributed by atoms with E-state index in [1.165, 1.54) is 40.6 Å². The van der Waals surface area contributed by atoms with Gasteiger partial charge in [0.25, 0.3) is 11.8 Å². The lowest BCUT2D eigenvalue weighted by Crippen LogP contribution is -2.70. The number of allylic oxidation sites excluding steroid dienone is 1. The van der Waals surface area contributed by atoms with Gasteiger partial charge in [-0.15, -0.1) is 23.5 Å². The van der Waals surface area contributed by atoms with Gasteiger partial charge in [-0.3, -0.25) is 29.1 Å². The number of carboxylic acid groups (broad SMARTS) is 1. The number of thioether (sulfide) groups is 2. The summed E-state index contributed by atoms with van der Waals surface area (Å²) in [6.07, 6.45) is 8.77. The Hall–Kier alpha value is -5.15.